The fraction of sp³-hybridized carbons (Fsp3) is 0.600. The van der Waals surface area contributed by atoms with Gasteiger partial charge in [0.2, 0.25) is 0 Å². The molecule has 1 saturated carbocycles. The van der Waals surface area contributed by atoms with E-state index < -0.39 is 0 Å². The summed E-state index contributed by atoms with van der Waals surface area (Å²) in [6.45, 7) is 4.00. The highest BCUT2D eigenvalue weighted by Crippen LogP contribution is 2.35. The molecule has 0 amide bonds. The lowest BCUT2D eigenvalue weighted by molar-refractivity contribution is 0.0598. The quantitative estimate of drug-likeness (QED) is 0.880. The SMILES string of the molecule is Cc1ccc(CNCC2(N(C)C)CCC2)cc1Cl. The molecule has 2 rings (SSSR count). The van der Waals surface area contributed by atoms with Crippen molar-refractivity contribution in [2.45, 2.75) is 38.3 Å². The van der Waals surface area contributed by atoms with Crippen LogP contribution in [0.1, 0.15) is 30.4 Å². The van der Waals surface area contributed by atoms with Gasteiger partial charge in [0.05, 0.1) is 0 Å². The van der Waals surface area contributed by atoms with Gasteiger partial charge in [0, 0.05) is 23.7 Å². The first kappa shape index (κ1) is 13.9. The van der Waals surface area contributed by atoms with E-state index in [1.54, 1.807) is 0 Å². The Hall–Kier alpha value is -0.570. The van der Waals surface area contributed by atoms with Crippen LogP contribution < -0.4 is 5.32 Å². The molecule has 18 heavy (non-hydrogen) atoms. The minimum Gasteiger partial charge on any atom is -0.311 e. The fourth-order valence-corrected chi connectivity index (χ4v) is 2.76. The molecule has 0 saturated heterocycles. The zero-order chi connectivity index (χ0) is 13.2. The Morgan fingerprint density at radius 1 is 1.33 bits per heavy atom. The summed E-state index contributed by atoms with van der Waals surface area (Å²) in [6, 6.07) is 6.30. The molecule has 3 heteroatoms. The first-order valence-electron chi connectivity index (χ1n) is 6.67. The van der Waals surface area contributed by atoms with E-state index in [2.05, 4.69) is 42.5 Å². The van der Waals surface area contributed by atoms with E-state index in [-0.39, 0.29) is 0 Å². The number of likely N-dealkylation sites (N-methyl/N-ethyl adjacent to an activating group) is 1. The van der Waals surface area contributed by atoms with Crippen molar-refractivity contribution in [3.63, 3.8) is 0 Å². The molecule has 1 N–H and O–H groups in total. The van der Waals surface area contributed by atoms with Crippen LogP contribution in [0.2, 0.25) is 5.02 Å². The maximum atomic E-state index is 6.14. The van der Waals surface area contributed by atoms with Crippen molar-refractivity contribution in [3.8, 4) is 0 Å². The monoisotopic (exact) mass is 266 g/mol. The van der Waals surface area contributed by atoms with Crippen LogP contribution in [0.3, 0.4) is 0 Å². The maximum absolute atomic E-state index is 6.14. The van der Waals surface area contributed by atoms with Gasteiger partial charge >= 0.3 is 0 Å². The summed E-state index contributed by atoms with van der Waals surface area (Å²) in [5, 5.41) is 4.43. The summed E-state index contributed by atoms with van der Waals surface area (Å²) < 4.78 is 0. The van der Waals surface area contributed by atoms with Gasteiger partial charge in [0.25, 0.3) is 0 Å². The predicted molar refractivity (Wildman–Crippen MR) is 78.2 cm³/mol. The lowest BCUT2D eigenvalue weighted by Gasteiger charge is -2.47. The summed E-state index contributed by atoms with van der Waals surface area (Å²) in [5.41, 5.74) is 2.79. The van der Waals surface area contributed by atoms with Gasteiger partial charge in [-0.25, -0.2) is 0 Å². The number of hydrogen-bond acceptors (Lipinski definition) is 2. The van der Waals surface area contributed by atoms with E-state index in [1.807, 2.05) is 6.92 Å². The van der Waals surface area contributed by atoms with Gasteiger partial charge in [0.15, 0.2) is 0 Å². The zero-order valence-electron chi connectivity index (χ0n) is 11.6. The molecule has 0 aromatic heterocycles. The van der Waals surface area contributed by atoms with Crippen LogP contribution in [-0.2, 0) is 6.54 Å². The van der Waals surface area contributed by atoms with E-state index in [9.17, 15) is 0 Å². The molecule has 1 aromatic carbocycles. The first-order valence-corrected chi connectivity index (χ1v) is 7.04. The average molecular weight is 267 g/mol. The molecular formula is C15H23ClN2. The summed E-state index contributed by atoms with van der Waals surface area (Å²) in [4.78, 5) is 2.37. The summed E-state index contributed by atoms with van der Waals surface area (Å²) in [5.74, 6) is 0. The van der Waals surface area contributed by atoms with Gasteiger partial charge in [-0.05, 0) is 57.5 Å². The second-order valence-electron chi connectivity index (χ2n) is 5.66. The Kier molecular flexibility index (Phi) is 4.31. The summed E-state index contributed by atoms with van der Waals surface area (Å²) in [6.07, 6.45) is 3.97. The van der Waals surface area contributed by atoms with Gasteiger partial charge in [-0.1, -0.05) is 23.7 Å². The Labute approximate surface area is 115 Å². The van der Waals surface area contributed by atoms with Gasteiger partial charge in [-0.15, -0.1) is 0 Å². The lowest BCUT2D eigenvalue weighted by Crippen LogP contribution is -2.56. The summed E-state index contributed by atoms with van der Waals surface area (Å²) in [7, 11) is 4.37. The third-order valence-electron chi connectivity index (χ3n) is 4.25. The fourth-order valence-electron chi connectivity index (χ4n) is 2.55. The number of aryl methyl sites for hydroxylation is 1. The normalized spacial score (nSPS) is 17.8. The second kappa shape index (κ2) is 5.60. The number of halogens is 1. The molecule has 100 valence electrons. The lowest BCUT2D eigenvalue weighted by atomic mass is 9.75. The third-order valence-corrected chi connectivity index (χ3v) is 4.66. The molecule has 1 fully saturated rings. The van der Waals surface area contributed by atoms with Crippen LogP contribution in [0.25, 0.3) is 0 Å². The zero-order valence-corrected chi connectivity index (χ0v) is 12.3. The molecule has 1 aliphatic rings. The van der Waals surface area contributed by atoms with Gasteiger partial charge < -0.3 is 10.2 Å². The Bertz CT molecular complexity index is 411. The molecule has 1 aliphatic carbocycles. The molecule has 0 heterocycles. The van der Waals surface area contributed by atoms with Crippen LogP contribution in [-0.4, -0.2) is 31.1 Å². The van der Waals surface area contributed by atoms with E-state index in [1.165, 1.54) is 24.8 Å². The molecule has 1 aromatic rings. The van der Waals surface area contributed by atoms with Crippen LogP contribution in [0.5, 0.6) is 0 Å². The molecule has 0 radical (unpaired) electrons. The molecular weight excluding hydrogens is 244 g/mol. The number of rotatable bonds is 5. The first-order chi connectivity index (χ1) is 8.53. The smallest absolute Gasteiger partial charge is 0.0438 e. The van der Waals surface area contributed by atoms with Gasteiger partial charge in [0.1, 0.15) is 0 Å². The van der Waals surface area contributed by atoms with Crippen molar-refractivity contribution in [2.75, 3.05) is 20.6 Å². The topological polar surface area (TPSA) is 15.3 Å². The highest BCUT2D eigenvalue weighted by Gasteiger charge is 2.38. The largest absolute Gasteiger partial charge is 0.311 e. The van der Waals surface area contributed by atoms with Gasteiger partial charge in [-0.3, -0.25) is 0 Å². The Balaban J connectivity index is 1.86. The van der Waals surface area contributed by atoms with Crippen molar-refractivity contribution in [1.29, 1.82) is 0 Å². The van der Waals surface area contributed by atoms with E-state index >= 15 is 0 Å². The molecule has 0 aliphatic heterocycles. The second-order valence-corrected chi connectivity index (χ2v) is 6.07. The third kappa shape index (κ3) is 2.87. The Morgan fingerprint density at radius 3 is 2.56 bits per heavy atom. The van der Waals surface area contributed by atoms with E-state index in [0.717, 1.165) is 23.7 Å². The van der Waals surface area contributed by atoms with Crippen molar-refractivity contribution < 1.29 is 0 Å². The molecule has 0 atom stereocenters. The number of nitrogens with zero attached hydrogens (tertiary/aromatic N) is 1. The molecule has 2 nitrogen and oxygen atoms in total. The average Bonchev–Trinajstić information content (AvgIpc) is 2.26. The predicted octanol–water partition coefficient (Wildman–Crippen LogP) is 3.22. The molecule has 0 spiro atoms. The van der Waals surface area contributed by atoms with Crippen LogP contribution in [0.15, 0.2) is 18.2 Å². The van der Waals surface area contributed by atoms with Crippen LogP contribution in [0.4, 0.5) is 0 Å². The van der Waals surface area contributed by atoms with Crippen molar-refractivity contribution >= 4 is 11.6 Å². The minimum absolute atomic E-state index is 0.383. The van der Waals surface area contributed by atoms with Crippen molar-refractivity contribution in [2.24, 2.45) is 0 Å². The highest BCUT2D eigenvalue weighted by molar-refractivity contribution is 6.31. The standard InChI is InChI=1S/C15H23ClN2/c1-12-5-6-13(9-14(12)16)10-17-11-15(18(2)3)7-4-8-15/h5-6,9,17H,4,7-8,10-11H2,1-3H3. The minimum atomic E-state index is 0.383. The van der Waals surface area contributed by atoms with Crippen LogP contribution in [0, 0.1) is 6.92 Å². The van der Waals surface area contributed by atoms with Crippen molar-refractivity contribution in [1.82, 2.24) is 10.2 Å². The highest BCUT2D eigenvalue weighted by atomic mass is 35.5. The molecule has 0 unspecified atom stereocenters. The van der Waals surface area contributed by atoms with Gasteiger partial charge in [-0.2, -0.15) is 0 Å². The maximum Gasteiger partial charge on any atom is 0.0438 e. The number of hydrogen-bond donors (Lipinski definition) is 1. The Morgan fingerprint density at radius 2 is 2.06 bits per heavy atom. The molecule has 0 bridgehead atoms. The number of benzene rings is 1. The summed E-state index contributed by atoms with van der Waals surface area (Å²) >= 11 is 6.14. The number of nitrogens with one attached hydrogen (secondary N) is 1. The van der Waals surface area contributed by atoms with Crippen LogP contribution >= 0.6 is 11.6 Å². The van der Waals surface area contributed by atoms with Crippen molar-refractivity contribution in [3.05, 3.63) is 34.3 Å². The van der Waals surface area contributed by atoms with E-state index in [4.69, 9.17) is 11.6 Å². The van der Waals surface area contributed by atoms with E-state index in [0.29, 0.717) is 5.54 Å².